The average Bonchev–Trinajstić information content (AvgIpc) is 2.39. The van der Waals surface area contributed by atoms with Crippen LogP contribution in [0.3, 0.4) is 0 Å². The fraction of sp³-hybridized carbons (Fsp3) is 0.333. The summed E-state index contributed by atoms with van der Waals surface area (Å²) < 4.78 is 0. The van der Waals surface area contributed by atoms with E-state index in [4.69, 9.17) is 5.11 Å². The first-order valence-electron chi connectivity index (χ1n) is 6.02. The standard InChI is InChI=1S/C15H22O4/c1-3-13(17)15(19)11-9-7-5-4-6-8-10-14(18)12(2)16/h3-19H,1H2,2H3/b6-4+,7-5+,10-8+,11-9+/t12-,13-,14-,15-/m1/s1. The molecule has 0 aliphatic heterocycles. The molecule has 0 aromatic rings. The third kappa shape index (κ3) is 9.16. The lowest BCUT2D eigenvalue weighted by molar-refractivity contribution is 0.0619. The van der Waals surface area contributed by atoms with Crippen molar-refractivity contribution in [3.8, 4) is 0 Å². The number of aliphatic hydroxyl groups excluding tert-OH is 4. The summed E-state index contributed by atoms with van der Waals surface area (Å²) in [6.45, 7) is 4.87. The van der Waals surface area contributed by atoms with Crippen LogP contribution in [0.1, 0.15) is 6.92 Å². The summed E-state index contributed by atoms with van der Waals surface area (Å²) in [5.74, 6) is 0. The van der Waals surface area contributed by atoms with Gasteiger partial charge in [0.2, 0.25) is 0 Å². The zero-order valence-electron chi connectivity index (χ0n) is 11.0. The molecule has 0 rings (SSSR count). The molecule has 0 saturated heterocycles. The molecule has 0 unspecified atom stereocenters. The summed E-state index contributed by atoms with van der Waals surface area (Å²) in [5.41, 5.74) is 0. The molecule has 0 aromatic heterocycles. The monoisotopic (exact) mass is 266 g/mol. The lowest BCUT2D eigenvalue weighted by atomic mass is 10.2. The van der Waals surface area contributed by atoms with E-state index in [1.54, 1.807) is 36.5 Å². The highest BCUT2D eigenvalue weighted by Crippen LogP contribution is 1.97. The normalized spacial score (nSPS) is 19.4. The Morgan fingerprint density at radius 3 is 1.53 bits per heavy atom. The van der Waals surface area contributed by atoms with Crippen molar-refractivity contribution in [3.05, 3.63) is 61.3 Å². The van der Waals surface area contributed by atoms with E-state index in [0.717, 1.165) is 0 Å². The van der Waals surface area contributed by atoms with Crippen LogP contribution in [0.4, 0.5) is 0 Å². The van der Waals surface area contributed by atoms with Gasteiger partial charge in [0.25, 0.3) is 0 Å². The van der Waals surface area contributed by atoms with Gasteiger partial charge >= 0.3 is 0 Å². The van der Waals surface area contributed by atoms with E-state index in [1.807, 2.05) is 0 Å². The number of rotatable bonds is 8. The van der Waals surface area contributed by atoms with Gasteiger partial charge in [0.1, 0.15) is 12.2 Å². The third-order valence-electron chi connectivity index (χ3n) is 2.26. The van der Waals surface area contributed by atoms with Crippen molar-refractivity contribution in [2.75, 3.05) is 0 Å². The molecule has 0 aliphatic carbocycles. The van der Waals surface area contributed by atoms with Crippen molar-refractivity contribution in [2.45, 2.75) is 31.3 Å². The molecule has 19 heavy (non-hydrogen) atoms. The van der Waals surface area contributed by atoms with Gasteiger partial charge < -0.3 is 20.4 Å². The number of hydrogen-bond acceptors (Lipinski definition) is 4. The highest BCUT2D eigenvalue weighted by Gasteiger charge is 2.06. The van der Waals surface area contributed by atoms with Crippen LogP contribution in [-0.4, -0.2) is 44.8 Å². The van der Waals surface area contributed by atoms with Gasteiger partial charge in [0, 0.05) is 0 Å². The van der Waals surface area contributed by atoms with Crippen LogP contribution in [0.2, 0.25) is 0 Å². The highest BCUT2D eigenvalue weighted by atomic mass is 16.3. The van der Waals surface area contributed by atoms with Crippen LogP contribution in [0, 0.1) is 0 Å². The number of aliphatic hydroxyl groups is 4. The van der Waals surface area contributed by atoms with Crippen molar-refractivity contribution in [1.82, 2.24) is 0 Å². The Labute approximate surface area is 114 Å². The molecule has 4 N–H and O–H groups in total. The van der Waals surface area contributed by atoms with Crippen LogP contribution < -0.4 is 0 Å². The first kappa shape index (κ1) is 17.5. The second kappa shape index (κ2) is 10.5. The summed E-state index contributed by atoms with van der Waals surface area (Å²) in [7, 11) is 0. The molecule has 4 heteroatoms. The predicted octanol–water partition coefficient (Wildman–Crippen LogP) is 0.861. The Morgan fingerprint density at radius 1 is 0.684 bits per heavy atom. The molecule has 0 fully saturated rings. The maximum atomic E-state index is 9.35. The van der Waals surface area contributed by atoms with Gasteiger partial charge in [-0.25, -0.2) is 0 Å². The van der Waals surface area contributed by atoms with Crippen molar-refractivity contribution in [1.29, 1.82) is 0 Å². The maximum absolute atomic E-state index is 9.35. The fourth-order valence-corrected chi connectivity index (χ4v) is 1.03. The van der Waals surface area contributed by atoms with Crippen LogP contribution in [0.5, 0.6) is 0 Å². The molecule has 4 atom stereocenters. The molecule has 0 amide bonds. The van der Waals surface area contributed by atoms with Gasteiger partial charge in [-0.2, -0.15) is 0 Å². The van der Waals surface area contributed by atoms with Crippen LogP contribution in [0.25, 0.3) is 0 Å². The Balaban J connectivity index is 4.03. The van der Waals surface area contributed by atoms with E-state index in [-0.39, 0.29) is 0 Å². The molecule has 0 aromatic carbocycles. The first-order valence-corrected chi connectivity index (χ1v) is 6.02. The van der Waals surface area contributed by atoms with E-state index in [9.17, 15) is 15.3 Å². The lowest BCUT2D eigenvalue weighted by Crippen LogP contribution is -2.20. The van der Waals surface area contributed by atoms with E-state index >= 15 is 0 Å². The molecule has 0 radical (unpaired) electrons. The minimum atomic E-state index is -0.968. The summed E-state index contributed by atoms with van der Waals surface area (Å²) in [5, 5.41) is 36.8. The molecule has 106 valence electrons. The van der Waals surface area contributed by atoms with Gasteiger partial charge in [-0.3, -0.25) is 0 Å². The molecule has 0 heterocycles. The van der Waals surface area contributed by atoms with E-state index in [1.165, 1.54) is 25.2 Å². The van der Waals surface area contributed by atoms with Gasteiger partial charge in [-0.05, 0) is 6.92 Å². The Hall–Kier alpha value is -1.46. The zero-order chi connectivity index (χ0) is 14.7. The summed E-state index contributed by atoms with van der Waals surface area (Å²) in [4.78, 5) is 0. The number of allylic oxidation sites excluding steroid dienone is 6. The Morgan fingerprint density at radius 2 is 1.11 bits per heavy atom. The molecule has 0 aliphatic rings. The largest absolute Gasteiger partial charge is 0.390 e. The second-order valence-electron chi connectivity index (χ2n) is 3.99. The highest BCUT2D eigenvalue weighted by molar-refractivity contribution is 5.17. The molecule has 0 bridgehead atoms. The van der Waals surface area contributed by atoms with Crippen LogP contribution in [-0.2, 0) is 0 Å². The Kier molecular flexibility index (Phi) is 9.66. The predicted molar refractivity (Wildman–Crippen MR) is 76.5 cm³/mol. The van der Waals surface area contributed by atoms with Gasteiger partial charge in [0.05, 0.1) is 12.2 Å². The SMILES string of the molecule is C=C[C@@H](O)[C@H](O)/C=C/C=C/C=C/C=C/[C@@H](O)[C@@H](C)O. The van der Waals surface area contributed by atoms with E-state index in [2.05, 4.69) is 6.58 Å². The maximum Gasteiger partial charge on any atom is 0.102 e. The molecule has 0 saturated carbocycles. The Bertz CT molecular complexity index is 353. The van der Waals surface area contributed by atoms with Crippen LogP contribution >= 0.6 is 0 Å². The summed E-state index contributed by atoms with van der Waals surface area (Å²) in [6.07, 6.45) is 10.7. The smallest absolute Gasteiger partial charge is 0.102 e. The van der Waals surface area contributed by atoms with Gasteiger partial charge in [-0.15, -0.1) is 6.58 Å². The second-order valence-corrected chi connectivity index (χ2v) is 3.99. The van der Waals surface area contributed by atoms with Gasteiger partial charge in [-0.1, -0.05) is 54.7 Å². The lowest BCUT2D eigenvalue weighted by Gasteiger charge is -2.07. The third-order valence-corrected chi connectivity index (χ3v) is 2.26. The topological polar surface area (TPSA) is 80.9 Å². The quantitative estimate of drug-likeness (QED) is 0.388. The molecule has 0 spiro atoms. The molecular formula is C15H22O4. The summed E-state index contributed by atoms with van der Waals surface area (Å²) in [6, 6.07) is 0. The van der Waals surface area contributed by atoms with E-state index in [0.29, 0.717) is 0 Å². The van der Waals surface area contributed by atoms with Crippen molar-refractivity contribution >= 4 is 0 Å². The minimum absolute atomic E-state index is 0.791. The van der Waals surface area contributed by atoms with Crippen LogP contribution in [0.15, 0.2) is 61.3 Å². The zero-order valence-corrected chi connectivity index (χ0v) is 11.0. The van der Waals surface area contributed by atoms with E-state index < -0.39 is 24.4 Å². The molecule has 4 nitrogen and oxygen atoms in total. The molecular weight excluding hydrogens is 244 g/mol. The number of hydrogen-bond donors (Lipinski definition) is 4. The summed E-state index contributed by atoms with van der Waals surface area (Å²) >= 11 is 0. The van der Waals surface area contributed by atoms with Crippen molar-refractivity contribution in [3.63, 3.8) is 0 Å². The fourth-order valence-electron chi connectivity index (χ4n) is 1.03. The average molecular weight is 266 g/mol. The van der Waals surface area contributed by atoms with Crippen molar-refractivity contribution < 1.29 is 20.4 Å². The van der Waals surface area contributed by atoms with Gasteiger partial charge in [0.15, 0.2) is 0 Å². The first-order chi connectivity index (χ1) is 8.99. The minimum Gasteiger partial charge on any atom is -0.390 e. The van der Waals surface area contributed by atoms with Crippen molar-refractivity contribution in [2.24, 2.45) is 0 Å².